The zero-order valence-corrected chi connectivity index (χ0v) is 12.4. The molecule has 0 saturated carbocycles. The summed E-state index contributed by atoms with van der Waals surface area (Å²) >= 11 is 0. The molecular weight excluding hydrogens is 298 g/mol. The summed E-state index contributed by atoms with van der Waals surface area (Å²) in [5, 5.41) is 12.0. The molecule has 0 bridgehead atoms. The summed E-state index contributed by atoms with van der Waals surface area (Å²) in [7, 11) is -3.67. The second-order valence-electron chi connectivity index (χ2n) is 4.15. The Morgan fingerprint density at radius 2 is 2.10 bits per heavy atom. The summed E-state index contributed by atoms with van der Waals surface area (Å²) in [4.78, 5) is 15.1. The van der Waals surface area contributed by atoms with Gasteiger partial charge in [0.1, 0.15) is 11.8 Å². The normalized spacial score (nSPS) is 11.9. The van der Waals surface area contributed by atoms with Crippen molar-refractivity contribution < 1.29 is 18.1 Å². The van der Waals surface area contributed by atoms with Crippen LogP contribution in [0.4, 0.5) is 5.82 Å². The average Bonchev–Trinajstić information content (AvgIpc) is 2.85. The van der Waals surface area contributed by atoms with Gasteiger partial charge >= 0.3 is 0 Å². The van der Waals surface area contributed by atoms with Crippen molar-refractivity contribution in [3.05, 3.63) is 24.3 Å². The molecule has 0 aliphatic carbocycles. The molecule has 0 radical (unpaired) electrons. The molecular formula is C11H17N5O4S. The van der Waals surface area contributed by atoms with Crippen LogP contribution in [0.5, 0.6) is 0 Å². The van der Waals surface area contributed by atoms with Gasteiger partial charge in [-0.1, -0.05) is 11.6 Å². The zero-order chi connectivity index (χ0) is 15.9. The highest BCUT2D eigenvalue weighted by Crippen LogP contribution is 2.13. The molecule has 0 unspecified atom stereocenters. The summed E-state index contributed by atoms with van der Waals surface area (Å²) in [6, 6.07) is 0. The number of aromatic nitrogens is 4. The number of aromatic amines is 1. The van der Waals surface area contributed by atoms with Crippen LogP contribution in [0.25, 0.3) is 11.2 Å². The predicted octanol–water partition coefficient (Wildman–Crippen LogP) is 0.207. The molecule has 0 aliphatic rings. The summed E-state index contributed by atoms with van der Waals surface area (Å²) in [6.07, 6.45) is 5.67. The minimum absolute atomic E-state index is 0.0743. The first-order valence-electron chi connectivity index (χ1n) is 5.88. The summed E-state index contributed by atoms with van der Waals surface area (Å²) in [5.41, 5.74) is 2.35. The number of rotatable bonds is 4. The van der Waals surface area contributed by atoms with Crippen LogP contribution in [-0.4, -0.2) is 57.4 Å². The average molecular weight is 315 g/mol. The number of anilines is 1. The van der Waals surface area contributed by atoms with Crippen LogP contribution in [0, 0.1) is 0 Å². The lowest BCUT2D eigenvalue weighted by molar-refractivity contribution is 0.331. The van der Waals surface area contributed by atoms with E-state index in [2.05, 4.69) is 25.3 Å². The lowest BCUT2D eigenvalue weighted by Gasteiger charge is -2.03. The Kier molecular flexibility index (Phi) is 6.21. The van der Waals surface area contributed by atoms with Gasteiger partial charge in [-0.3, -0.25) is 4.55 Å². The molecule has 0 aromatic carbocycles. The van der Waals surface area contributed by atoms with Crippen LogP contribution in [0.15, 0.2) is 24.3 Å². The summed E-state index contributed by atoms with van der Waals surface area (Å²) in [5.74, 6) is 0.712. The number of hydrogen-bond acceptors (Lipinski definition) is 7. The molecule has 0 spiro atoms. The van der Waals surface area contributed by atoms with Crippen LogP contribution >= 0.6 is 0 Å². The lowest BCUT2D eigenvalue weighted by Crippen LogP contribution is -2.03. The summed E-state index contributed by atoms with van der Waals surface area (Å²) < 4.78 is 25.9. The van der Waals surface area contributed by atoms with Crippen LogP contribution in [0.1, 0.15) is 6.92 Å². The Labute approximate surface area is 121 Å². The number of hydrogen-bond donors (Lipinski definition) is 4. The van der Waals surface area contributed by atoms with Gasteiger partial charge in [0.25, 0.3) is 10.1 Å². The fourth-order valence-electron chi connectivity index (χ4n) is 1.29. The van der Waals surface area contributed by atoms with E-state index in [1.807, 2.05) is 13.0 Å². The van der Waals surface area contributed by atoms with Crippen molar-refractivity contribution in [1.82, 2.24) is 19.9 Å². The Bertz CT molecular complexity index is 702. The summed E-state index contributed by atoms with van der Waals surface area (Å²) in [6.45, 7) is 2.55. The van der Waals surface area contributed by atoms with Gasteiger partial charge in [-0.15, -0.1) is 0 Å². The fraction of sp³-hybridized carbons (Fsp3) is 0.364. The van der Waals surface area contributed by atoms with Crippen molar-refractivity contribution in [3.63, 3.8) is 0 Å². The number of imidazole rings is 1. The van der Waals surface area contributed by atoms with E-state index >= 15 is 0 Å². The van der Waals surface area contributed by atoms with Gasteiger partial charge in [0, 0.05) is 6.54 Å². The number of aliphatic hydroxyl groups excluding tert-OH is 1. The van der Waals surface area contributed by atoms with Crippen LogP contribution in [0.3, 0.4) is 0 Å². The molecule has 0 saturated heterocycles. The number of aliphatic hydroxyl groups is 1. The first-order chi connectivity index (χ1) is 9.81. The molecule has 9 nitrogen and oxygen atoms in total. The Morgan fingerprint density at radius 1 is 1.43 bits per heavy atom. The Morgan fingerprint density at radius 3 is 2.71 bits per heavy atom. The molecule has 116 valence electrons. The molecule has 2 aromatic rings. The Balaban J connectivity index is 0.000000383. The lowest BCUT2D eigenvalue weighted by atomic mass is 10.3. The second-order valence-corrected chi connectivity index (χ2v) is 5.61. The Hall–Kier alpha value is -2.04. The molecule has 4 N–H and O–H groups in total. The highest BCUT2D eigenvalue weighted by molar-refractivity contribution is 7.85. The van der Waals surface area contributed by atoms with Crippen LogP contribution in [0.2, 0.25) is 0 Å². The first kappa shape index (κ1) is 17.0. The first-order valence-corrected chi connectivity index (χ1v) is 7.73. The van der Waals surface area contributed by atoms with Crippen LogP contribution < -0.4 is 5.32 Å². The topological polar surface area (TPSA) is 141 Å². The molecule has 2 heterocycles. The number of nitrogens with one attached hydrogen (secondary N) is 2. The molecule has 2 aromatic heterocycles. The quantitative estimate of drug-likeness (QED) is 0.463. The largest absolute Gasteiger partial charge is 0.392 e. The third-order valence-electron chi connectivity index (χ3n) is 2.19. The number of nitrogens with zero attached hydrogens (tertiary/aromatic N) is 3. The molecule has 10 heteroatoms. The molecule has 2 rings (SSSR count). The molecule has 0 amide bonds. The van der Waals surface area contributed by atoms with E-state index < -0.39 is 10.1 Å². The van der Waals surface area contributed by atoms with Gasteiger partial charge < -0.3 is 15.4 Å². The van der Waals surface area contributed by atoms with Gasteiger partial charge in [0.15, 0.2) is 11.5 Å². The maximum absolute atomic E-state index is 9.19. The van der Waals surface area contributed by atoms with Crippen molar-refractivity contribution >= 4 is 27.1 Å². The smallest absolute Gasteiger partial charge is 0.261 e. The van der Waals surface area contributed by atoms with E-state index in [1.165, 1.54) is 6.33 Å². The number of fused-ring (bicyclic) bond motifs is 1. The third kappa shape index (κ3) is 6.79. The standard InChI is InChI=1S/C10H13N5O.CH4O3S/c1-7(4-16)2-3-11-9-8-10(13-5-12-8)15-6-14-9;1-5(2,3)4/h2,5-6,16H,3-4H2,1H3,(H2,11,12,13,14,15);1H3,(H,2,3,4)/b7-2-;. The van der Waals surface area contributed by atoms with Crippen molar-refractivity contribution in [1.29, 1.82) is 0 Å². The van der Waals surface area contributed by atoms with Crippen molar-refractivity contribution in [2.24, 2.45) is 0 Å². The SMILES string of the molecule is C/C(=C/CNc1ncnc2nc[nH]c12)CO.CS(=O)(=O)O. The third-order valence-corrected chi connectivity index (χ3v) is 2.19. The van der Waals surface area contributed by atoms with Crippen molar-refractivity contribution in [2.75, 3.05) is 24.7 Å². The fourth-order valence-corrected chi connectivity index (χ4v) is 1.29. The monoisotopic (exact) mass is 315 g/mol. The van der Waals surface area contributed by atoms with Gasteiger partial charge in [0.05, 0.1) is 19.2 Å². The van der Waals surface area contributed by atoms with Gasteiger partial charge in [-0.25, -0.2) is 15.0 Å². The maximum Gasteiger partial charge on any atom is 0.261 e. The van der Waals surface area contributed by atoms with Crippen molar-refractivity contribution in [3.8, 4) is 0 Å². The predicted molar refractivity (Wildman–Crippen MR) is 78.5 cm³/mol. The minimum atomic E-state index is -3.67. The number of H-pyrrole nitrogens is 1. The molecule has 0 fully saturated rings. The van der Waals surface area contributed by atoms with E-state index in [-0.39, 0.29) is 6.61 Å². The van der Waals surface area contributed by atoms with E-state index in [4.69, 9.17) is 9.66 Å². The second kappa shape index (κ2) is 7.67. The highest BCUT2D eigenvalue weighted by atomic mass is 32.2. The zero-order valence-electron chi connectivity index (χ0n) is 11.6. The van der Waals surface area contributed by atoms with Gasteiger partial charge in [-0.2, -0.15) is 8.42 Å². The van der Waals surface area contributed by atoms with E-state index in [0.29, 0.717) is 24.3 Å². The van der Waals surface area contributed by atoms with E-state index in [1.54, 1.807) is 6.33 Å². The van der Waals surface area contributed by atoms with Crippen LogP contribution in [-0.2, 0) is 10.1 Å². The van der Waals surface area contributed by atoms with E-state index in [0.717, 1.165) is 11.1 Å². The van der Waals surface area contributed by atoms with E-state index in [9.17, 15) is 8.42 Å². The maximum atomic E-state index is 9.19. The minimum Gasteiger partial charge on any atom is -0.392 e. The molecule has 0 aliphatic heterocycles. The van der Waals surface area contributed by atoms with Gasteiger partial charge in [0.2, 0.25) is 0 Å². The molecule has 0 atom stereocenters. The van der Waals surface area contributed by atoms with Gasteiger partial charge in [-0.05, 0) is 6.92 Å². The molecule has 21 heavy (non-hydrogen) atoms. The van der Waals surface area contributed by atoms with Crippen molar-refractivity contribution in [2.45, 2.75) is 6.92 Å². The highest BCUT2D eigenvalue weighted by Gasteiger charge is 2.03.